The molecule has 7 rings (SSSR count). The molecular weight excluding hydrogens is 504 g/mol. The van der Waals surface area contributed by atoms with E-state index in [0.29, 0.717) is 0 Å². The Bertz CT molecular complexity index is 1880. The Morgan fingerprint density at radius 3 is 1.85 bits per heavy atom. The molecule has 2 heterocycles. The van der Waals surface area contributed by atoms with E-state index in [1.165, 1.54) is 5.56 Å². The van der Waals surface area contributed by atoms with Gasteiger partial charge in [-0.3, -0.25) is 9.78 Å². The summed E-state index contributed by atoms with van der Waals surface area (Å²) in [7, 11) is 0. The number of aromatic amines is 1. The molecule has 0 amide bonds. The van der Waals surface area contributed by atoms with E-state index >= 15 is 0 Å². The summed E-state index contributed by atoms with van der Waals surface area (Å²) in [6, 6.07) is 42.2. The summed E-state index contributed by atoms with van der Waals surface area (Å²) in [6.45, 7) is 2.09. The molecule has 0 aliphatic rings. The van der Waals surface area contributed by atoms with Gasteiger partial charge in [-0.2, -0.15) is 10.2 Å². The maximum Gasteiger partial charge on any atom is 0.138 e. The van der Waals surface area contributed by atoms with Crippen molar-refractivity contribution in [1.82, 2.24) is 20.0 Å². The predicted octanol–water partition coefficient (Wildman–Crippen LogP) is 7.47. The molecule has 198 valence electrons. The number of hydrogen-bond donors (Lipinski definition) is 1. The molecule has 5 nitrogen and oxygen atoms in total. The second-order valence-electron chi connectivity index (χ2n) is 10.4. The minimum atomic E-state index is -0.745. The Labute approximate surface area is 238 Å². The molecule has 5 aromatic carbocycles. The molecule has 0 saturated carbocycles. The number of benzene rings is 5. The van der Waals surface area contributed by atoms with E-state index in [9.17, 15) is 4.79 Å². The smallest absolute Gasteiger partial charge is 0.138 e. The lowest BCUT2D eigenvalue weighted by molar-refractivity contribution is -0.107. The van der Waals surface area contributed by atoms with E-state index in [0.717, 1.165) is 61.6 Å². The van der Waals surface area contributed by atoms with Crippen LogP contribution in [-0.4, -0.2) is 26.3 Å². The molecule has 0 fully saturated rings. The van der Waals surface area contributed by atoms with Gasteiger partial charge >= 0.3 is 0 Å². The third kappa shape index (κ3) is 3.97. The van der Waals surface area contributed by atoms with Crippen LogP contribution in [0.2, 0.25) is 0 Å². The molecule has 0 unspecified atom stereocenters. The zero-order valence-electron chi connectivity index (χ0n) is 22.7. The number of carbonyl (C=O) groups excluding carboxylic acids is 1. The van der Waals surface area contributed by atoms with Crippen LogP contribution in [0.15, 0.2) is 128 Å². The molecule has 0 atom stereocenters. The topological polar surface area (TPSA) is 63.6 Å². The van der Waals surface area contributed by atoms with Gasteiger partial charge in [0.1, 0.15) is 17.3 Å². The van der Waals surface area contributed by atoms with E-state index < -0.39 is 5.54 Å². The fourth-order valence-electron chi connectivity index (χ4n) is 6.01. The van der Waals surface area contributed by atoms with Crippen molar-refractivity contribution in [2.75, 3.05) is 0 Å². The van der Waals surface area contributed by atoms with Gasteiger partial charge in [0.25, 0.3) is 0 Å². The van der Waals surface area contributed by atoms with Gasteiger partial charge in [0, 0.05) is 29.0 Å². The lowest BCUT2D eigenvalue weighted by Gasteiger charge is -2.36. The number of aromatic nitrogens is 4. The molecule has 7 aromatic rings. The third-order valence-corrected chi connectivity index (χ3v) is 7.97. The highest BCUT2D eigenvalue weighted by Gasteiger charge is 2.39. The normalized spacial score (nSPS) is 11.7. The molecule has 41 heavy (non-hydrogen) atoms. The van der Waals surface area contributed by atoms with Crippen LogP contribution in [0.3, 0.4) is 0 Å². The number of fused-ring (bicyclic) bond motifs is 3. The van der Waals surface area contributed by atoms with E-state index in [4.69, 9.17) is 5.10 Å². The van der Waals surface area contributed by atoms with Crippen molar-refractivity contribution < 1.29 is 4.79 Å². The maximum atomic E-state index is 11.5. The van der Waals surface area contributed by atoms with Crippen LogP contribution in [0, 0.1) is 6.92 Å². The van der Waals surface area contributed by atoms with E-state index in [-0.39, 0.29) is 6.42 Å². The minimum Gasteiger partial charge on any atom is -0.303 e. The van der Waals surface area contributed by atoms with Crippen molar-refractivity contribution in [3.05, 3.63) is 155 Å². The Hall–Kier alpha value is -5.29. The Morgan fingerprint density at radius 2 is 1.32 bits per heavy atom. The van der Waals surface area contributed by atoms with Gasteiger partial charge in [-0.15, -0.1) is 0 Å². The molecular formula is C36H28N4O. The molecule has 0 radical (unpaired) electrons. The van der Waals surface area contributed by atoms with Crippen molar-refractivity contribution in [3.8, 4) is 11.1 Å². The van der Waals surface area contributed by atoms with Crippen molar-refractivity contribution in [1.29, 1.82) is 0 Å². The first-order valence-corrected chi connectivity index (χ1v) is 13.8. The number of hydrogen-bond acceptors (Lipinski definition) is 3. The van der Waals surface area contributed by atoms with Gasteiger partial charge in [-0.25, -0.2) is 0 Å². The highest BCUT2D eigenvalue weighted by molar-refractivity contribution is 6.11. The summed E-state index contributed by atoms with van der Waals surface area (Å²) in [4.78, 5) is 11.5. The second kappa shape index (κ2) is 10.0. The first kappa shape index (κ1) is 24.7. The van der Waals surface area contributed by atoms with E-state index in [1.807, 2.05) is 18.2 Å². The number of nitrogens with one attached hydrogen (secondary N) is 1. The largest absolute Gasteiger partial charge is 0.303 e. The molecule has 0 bridgehead atoms. The summed E-state index contributed by atoms with van der Waals surface area (Å²) < 4.78 is 2.11. The molecule has 0 saturated heterocycles. The lowest BCUT2D eigenvalue weighted by Crippen LogP contribution is -2.38. The van der Waals surface area contributed by atoms with Gasteiger partial charge in [-0.05, 0) is 35.2 Å². The monoisotopic (exact) mass is 532 g/mol. The van der Waals surface area contributed by atoms with Gasteiger partial charge in [-0.1, -0.05) is 121 Å². The first-order chi connectivity index (χ1) is 20.2. The summed E-state index contributed by atoms with van der Waals surface area (Å²) in [5.41, 5.74) is 8.30. The number of H-pyrrole nitrogens is 1. The molecule has 5 heteroatoms. The van der Waals surface area contributed by atoms with Crippen LogP contribution in [0.4, 0.5) is 0 Å². The van der Waals surface area contributed by atoms with Crippen LogP contribution in [0.1, 0.15) is 27.9 Å². The summed E-state index contributed by atoms with van der Waals surface area (Å²) >= 11 is 0. The lowest BCUT2D eigenvalue weighted by atomic mass is 9.77. The summed E-state index contributed by atoms with van der Waals surface area (Å²) in [5.74, 6) is 0. The van der Waals surface area contributed by atoms with Crippen molar-refractivity contribution in [2.45, 2.75) is 18.9 Å². The molecule has 0 aliphatic heterocycles. The highest BCUT2D eigenvalue weighted by atomic mass is 16.1. The third-order valence-electron chi connectivity index (χ3n) is 7.97. The average molecular weight is 533 g/mol. The Kier molecular flexibility index (Phi) is 6.05. The number of nitrogens with zero attached hydrogens (tertiary/aromatic N) is 3. The maximum absolute atomic E-state index is 11.5. The van der Waals surface area contributed by atoms with Gasteiger partial charge in [0.15, 0.2) is 0 Å². The SMILES string of the molecule is Cc1ccc(-c2cc3c(CC=O)n[nH]c3c3cn(C(c4ccccc4)(c4ccccc4)c4ccccc4)nc23)cc1. The van der Waals surface area contributed by atoms with Crippen LogP contribution < -0.4 is 0 Å². The Morgan fingerprint density at radius 1 is 0.756 bits per heavy atom. The molecule has 0 spiro atoms. The van der Waals surface area contributed by atoms with E-state index in [1.54, 1.807) is 0 Å². The van der Waals surface area contributed by atoms with Gasteiger partial charge < -0.3 is 4.79 Å². The number of aryl methyl sites for hydroxylation is 1. The van der Waals surface area contributed by atoms with Crippen LogP contribution in [0.25, 0.3) is 32.9 Å². The summed E-state index contributed by atoms with van der Waals surface area (Å²) in [6.07, 6.45) is 3.28. The Balaban J connectivity index is 1.62. The molecule has 0 aliphatic carbocycles. The predicted molar refractivity (Wildman–Crippen MR) is 164 cm³/mol. The highest BCUT2D eigenvalue weighted by Crippen LogP contribution is 2.43. The molecule has 1 N–H and O–H groups in total. The zero-order chi connectivity index (χ0) is 27.8. The van der Waals surface area contributed by atoms with Crippen LogP contribution in [0.5, 0.6) is 0 Å². The minimum absolute atomic E-state index is 0.245. The number of carbonyl (C=O) groups is 1. The van der Waals surface area contributed by atoms with Crippen molar-refractivity contribution >= 4 is 28.1 Å². The van der Waals surface area contributed by atoms with Crippen molar-refractivity contribution in [3.63, 3.8) is 0 Å². The summed E-state index contributed by atoms with van der Waals surface area (Å²) in [5, 5.41) is 15.1. The average Bonchev–Trinajstić information content (AvgIpc) is 3.64. The zero-order valence-corrected chi connectivity index (χ0v) is 22.7. The fourth-order valence-corrected chi connectivity index (χ4v) is 6.01. The van der Waals surface area contributed by atoms with Gasteiger partial charge in [0.05, 0.1) is 11.2 Å². The van der Waals surface area contributed by atoms with Gasteiger partial charge in [0.2, 0.25) is 0 Å². The van der Waals surface area contributed by atoms with Crippen LogP contribution in [-0.2, 0) is 16.8 Å². The number of aldehydes is 1. The number of rotatable bonds is 7. The molecule has 2 aromatic heterocycles. The van der Waals surface area contributed by atoms with E-state index in [2.05, 4.69) is 131 Å². The fraction of sp³-hybridized carbons (Fsp3) is 0.0833. The quantitative estimate of drug-likeness (QED) is 0.171. The van der Waals surface area contributed by atoms with Crippen LogP contribution >= 0.6 is 0 Å². The first-order valence-electron chi connectivity index (χ1n) is 13.8. The second-order valence-corrected chi connectivity index (χ2v) is 10.4. The standard InChI is InChI=1S/C36H28N4O/c1-25-17-19-26(20-18-25)30-23-31-33(21-22-41)37-38-34(31)32-24-40(39-35(30)32)36(27-11-5-2-6-12-27,28-13-7-3-8-14-28)29-15-9-4-10-16-29/h2-20,22-24H,21H2,1H3,(H,37,38). The van der Waals surface area contributed by atoms with Crippen molar-refractivity contribution in [2.24, 2.45) is 0 Å².